The van der Waals surface area contributed by atoms with E-state index in [0.717, 1.165) is 5.56 Å². The maximum atomic E-state index is 12.7. The van der Waals surface area contributed by atoms with Crippen LogP contribution >= 0.6 is 0 Å². The summed E-state index contributed by atoms with van der Waals surface area (Å²) in [7, 11) is -2.57. The number of ether oxygens (including phenoxy) is 1. The normalized spacial score (nSPS) is 12.5. The Morgan fingerprint density at radius 2 is 1.54 bits per heavy atom. The summed E-state index contributed by atoms with van der Waals surface area (Å²) in [6, 6.07) is 11.6. The summed E-state index contributed by atoms with van der Waals surface area (Å²) in [6.45, 7) is 5.37. The van der Waals surface area contributed by atoms with Crippen molar-refractivity contribution in [3.8, 4) is 0 Å². The topological polar surface area (TPSA) is 102 Å². The third-order valence-corrected chi connectivity index (χ3v) is 5.59. The number of methoxy groups -OCH3 is 1. The van der Waals surface area contributed by atoms with Gasteiger partial charge in [-0.3, -0.25) is 4.79 Å². The van der Waals surface area contributed by atoms with Gasteiger partial charge < -0.3 is 10.1 Å². The summed E-state index contributed by atoms with van der Waals surface area (Å²) in [5, 5.41) is 2.67. The molecule has 0 aromatic heterocycles. The molecule has 0 fully saturated rings. The van der Waals surface area contributed by atoms with Gasteiger partial charge in [0, 0.05) is 5.69 Å². The Morgan fingerprint density at radius 3 is 2.04 bits per heavy atom. The third-order valence-electron chi connectivity index (χ3n) is 4.14. The van der Waals surface area contributed by atoms with Gasteiger partial charge >= 0.3 is 5.97 Å². The number of benzene rings is 2. The predicted molar refractivity (Wildman–Crippen MR) is 107 cm³/mol. The molecule has 0 radical (unpaired) electrons. The van der Waals surface area contributed by atoms with Crippen molar-refractivity contribution >= 4 is 27.6 Å². The summed E-state index contributed by atoms with van der Waals surface area (Å²) in [5.74, 6) is -1.25. The molecule has 8 heteroatoms. The molecule has 7 nitrogen and oxygen atoms in total. The molecule has 0 bridgehead atoms. The zero-order valence-corrected chi connectivity index (χ0v) is 17.0. The van der Waals surface area contributed by atoms with Crippen molar-refractivity contribution in [1.29, 1.82) is 0 Å². The van der Waals surface area contributed by atoms with E-state index in [4.69, 9.17) is 0 Å². The van der Waals surface area contributed by atoms with Crippen LogP contribution in [0.4, 0.5) is 5.69 Å². The highest BCUT2D eigenvalue weighted by atomic mass is 32.2. The Kier molecular flexibility index (Phi) is 6.93. The Balaban J connectivity index is 2.15. The molecule has 0 heterocycles. The van der Waals surface area contributed by atoms with E-state index in [-0.39, 0.29) is 10.8 Å². The van der Waals surface area contributed by atoms with Crippen molar-refractivity contribution in [1.82, 2.24) is 4.72 Å². The number of nitrogens with one attached hydrogen (secondary N) is 2. The average molecular weight is 404 g/mol. The third kappa shape index (κ3) is 5.40. The maximum Gasteiger partial charge on any atom is 0.337 e. The highest BCUT2D eigenvalue weighted by Gasteiger charge is 2.28. The van der Waals surface area contributed by atoms with Crippen LogP contribution in [0.1, 0.15) is 29.8 Å². The van der Waals surface area contributed by atoms with Gasteiger partial charge in [-0.15, -0.1) is 0 Å². The van der Waals surface area contributed by atoms with Crippen LogP contribution in [-0.2, 0) is 19.6 Å². The number of carbonyl (C=O) groups is 2. The first-order valence-electron chi connectivity index (χ1n) is 8.72. The van der Waals surface area contributed by atoms with E-state index in [2.05, 4.69) is 14.8 Å². The van der Waals surface area contributed by atoms with Crippen LogP contribution < -0.4 is 10.0 Å². The number of hydrogen-bond acceptors (Lipinski definition) is 5. The van der Waals surface area contributed by atoms with Gasteiger partial charge in [0.25, 0.3) is 0 Å². The number of sulfonamides is 1. The molecule has 28 heavy (non-hydrogen) atoms. The first-order valence-corrected chi connectivity index (χ1v) is 10.2. The molecule has 2 rings (SSSR count). The van der Waals surface area contributed by atoms with Crippen LogP contribution in [0, 0.1) is 12.8 Å². The van der Waals surface area contributed by atoms with E-state index in [1.54, 1.807) is 38.1 Å². The van der Waals surface area contributed by atoms with Crippen molar-refractivity contribution in [3.63, 3.8) is 0 Å². The lowest BCUT2D eigenvalue weighted by Gasteiger charge is -2.21. The molecule has 0 saturated carbocycles. The van der Waals surface area contributed by atoms with Crippen molar-refractivity contribution in [2.45, 2.75) is 31.7 Å². The molecule has 0 aliphatic heterocycles. The lowest BCUT2D eigenvalue weighted by molar-refractivity contribution is -0.118. The zero-order valence-electron chi connectivity index (χ0n) is 16.2. The van der Waals surface area contributed by atoms with Gasteiger partial charge in [0.15, 0.2) is 0 Å². The van der Waals surface area contributed by atoms with Gasteiger partial charge in [-0.1, -0.05) is 31.5 Å². The predicted octanol–water partition coefficient (Wildman–Crippen LogP) is 2.72. The average Bonchev–Trinajstić information content (AvgIpc) is 2.66. The first kappa shape index (κ1) is 21.6. The lowest BCUT2D eigenvalue weighted by Crippen LogP contribution is -2.47. The maximum absolute atomic E-state index is 12.7. The van der Waals surface area contributed by atoms with E-state index in [0.29, 0.717) is 11.3 Å². The summed E-state index contributed by atoms with van der Waals surface area (Å²) >= 11 is 0. The van der Waals surface area contributed by atoms with Crippen LogP contribution in [0.15, 0.2) is 53.4 Å². The monoisotopic (exact) mass is 404 g/mol. The molecule has 0 spiro atoms. The van der Waals surface area contributed by atoms with Crippen LogP contribution in [0.3, 0.4) is 0 Å². The van der Waals surface area contributed by atoms with Crippen LogP contribution in [0.2, 0.25) is 0 Å². The van der Waals surface area contributed by atoms with Crippen molar-refractivity contribution in [2.75, 3.05) is 12.4 Å². The molecular weight excluding hydrogens is 380 g/mol. The number of rotatable bonds is 7. The van der Waals surface area contributed by atoms with Gasteiger partial charge in [-0.2, -0.15) is 4.72 Å². The van der Waals surface area contributed by atoms with E-state index in [1.165, 1.54) is 31.4 Å². The summed E-state index contributed by atoms with van der Waals surface area (Å²) in [6.07, 6.45) is 0. The number of carbonyl (C=O) groups excluding carboxylic acids is 2. The highest BCUT2D eigenvalue weighted by Crippen LogP contribution is 2.16. The van der Waals surface area contributed by atoms with E-state index in [9.17, 15) is 18.0 Å². The summed E-state index contributed by atoms with van der Waals surface area (Å²) in [5.41, 5.74) is 1.73. The van der Waals surface area contributed by atoms with Crippen LogP contribution in [-0.4, -0.2) is 33.4 Å². The highest BCUT2D eigenvalue weighted by molar-refractivity contribution is 7.89. The van der Waals surface area contributed by atoms with Gasteiger partial charge in [0.05, 0.1) is 17.6 Å². The molecular formula is C20H24N2O5S. The minimum atomic E-state index is -3.85. The fourth-order valence-electron chi connectivity index (χ4n) is 2.47. The SMILES string of the molecule is COC(=O)c1ccc(NC(=O)C(NS(=O)(=O)c2ccc(C)cc2)C(C)C)cc1. The molecule has 1 atom stereocenters. The molecule has 1 unspecified atom stereocenters. The van der Waals surface area contributed by atoms with Crippen molar-refractivity contribution in [2.24, 2.45) is 5.92 Å². The van der Waals surface area contributed by atoms with Crippen LogP contribution in [0.5, 0.6) is 0 Å². The number of aryl methyl sites for hydroxylation is 1. The van der Waals surface area contributed by atoms with E-state index < -0.39 is 27.9 Å². The van der Waals surface area contributed by atoms with Gasteiger partial charge in [-0.25, -0.2) is 13.2 Å². The number of anilines is 1. The van der Waals surface area contributed by atoms with Gasteiger partial charge in [0.2, 0.25) is 15.9 Å². The summed E-state index contributed by atoms with van der Waals surface area (Å²) < 4.78 is 32.4. The quantitative estimate of drug-likeness (QED) is 0.691. The second-order valence-corrected chi connectivity index (χ2v) is 8.43. The largest absolute Gasteiger partial charge is 0.465 e. The fraction of sp³-hybridized carbons (Fsp3) is 0.300. The van der Waals surface area contributed by atoms with Crippen LogP contribution in [0.25, 0.3) is 0 Å². The minimum Gasteiger partial charge on any atom is -0.465 e. The Labute approximate surface area is 165 Å². The van der Waals surface area contributed by atoms with E-state index in [1.807, 2.05) is 6.92 Å². The number of esters is 1. The molecule has 2 N–H and O–H groups in total. The molecule has 0 saturated heterocycles. The minimum absolute atomic E-state index is 0.0963. The van der Waals surface area contributed by atoms with Gasteiger partial charge in [-0.05, 0) is 49.2 Å². The fourth-order valence-corrected chi connectivity index (χ4v) is 3.82. The lowest BCUT2D eigenvalue weighted by atomic mass is 10.0. The van der Waals surface area contributed by atoms with Crippen molar-refractivity contribution < 1.29 is 22.7 Å². The molecule has 2 aromatic carbocycles. The number of hydrogen-bond donors (Lipinski definition) is 2. The standard InChI is InChI=1S/C20H24N2O5S/c1-13(2)18(22-28(25,26)17-11-5-14(3)6-12-17)19(23)21-16-9-7-15(8-10-16)20(24)27-4/h5-13,18,22H,1-4H3,(H,21,23). The zero-order chi connectivity index (χ0) is 20.9. The van der Waals surface area contributed by atoms with E-state index >= 15 is 0 Å². The Bertz CT molecular complexity index is 936. The summed E-state index contributed by atoms with van der Waals surface area (Å²) in [4.78, 5) is 24.2. The number of amides is 1. The molecule has 0 aliphatic carbocycles. The molecule has 1 amide bonds. The Hall–Kier alpha value is -2.71. The smallest absolute Gasteiger partial charge is 0.337 e. The second kappa shape index (κ2) is 8.99. The second-order valence-electron chi connectivity index (χ2n) is 6.71. The van der Waals surface area contributed by atoms with Crippen molar-refractivity contribution in [3.05, 3.63) is 59.7 Å². The molecule has 150 valence electrons. The van der Waals surface area contributed by atoms with Gasteiger partial charge in [0.1, 0.15) is 6.04 Å². The Morgan fingerprint density at radius 1 is 0.964 bits per heavy atom. The molecule has 0 aliphatic rings. The molecule has 2 aromatic rings. The first-order chi connectivity index (χ1) is 13.1.